The molecule has 2 N–H and O–H groups in total. The predicted molar refractivity (Wildman–Crippen MR) is 189 cm³/mol. The number of carbonyl (C=O) groups is 1. The molecule has 9 heteroatoms. The number of nitrogens with one attached hydrogen (secondary N) is 2. The molecular formula is C38H38N8O. The van der Waals surface area contributed by atoms with Crippen molar-refractivity contribution in [1.82, 2.24) is 24.3 Å². The second kappa shape index (κ2) is 13.4. The quantitative estimate of drug-likeness (QED) is 0.181. The Labute approximate surface area is 274 Å². The Morgan fingerprint density at radius 2 is 1.60 bits per heavy atom. The minimum Gasteiger partial charge on any atom is -0.369 e. The van der Waals surface area contributed by atoms with E-state index in [1.54, 1.807) is 6.20 Å². The molecule has 7 rings (SSSR count). The number of pyridine rings is 1. The van der Waals surface area contributed by atoms with Crippen LogP contribution in [0.1, 0.15) is 19.4 Å². The highest BCUT2D eigenvalue weighted by atomic mass is 16.1. The Morgan fingerprint density at radius 1 is 0.809 bits per heavy atom. The van der Waals surface area contributed by atoms with Crippen LogP contribution in [0.2, 0.25) is 0 Å². The molecule has 3 aromatic heterocycles. The molecule has 0 atom stereocenters. The maximum absolute atomic E-state index is 12.8. The zero-order chi connectivity index (χ0) is 32.2. The monoisotopic (exact) mass is 622 g/mol. The van der Waals surface area contributed by atoms with Gasteiger partial charge in [-0.25, -0.2) is 15.0 Å². The fourth-order valence-corrected chi connectivity index (χ4v) is 6.10. The van der Waals surface area contributed by atoms with Crippen LogP contribution in [0, 0.1) is 0 Å². The minimum absolute atomic E-state index is 0.0724. The lowest BCUT2D eigenvalue weighted by atomic mass is 10.1. The first kappa shape index (κ1) is 30.1. The van der Waals surface area contributed by atoms with E-state index < -0.39 is 0 Å². The maximum atomic E-state index is 12.8. The van der Waals surface area contributed by atoms with Gasteiger partial charge in [0, 0.05) is 67.2 Å². The van der Waals surface area contributed by atoms with E-state index in [9.17, 15) is 4.79 Å². The molecule has 6 aromatic rings. The highest BCUT2D eigenvalue weighted by Crippen LogP contribution is 2.33. The number of hydrogen-bond acceptors (Lipinski definition) is 7. The Kier molecular flexibility index (Phi) is 8.62. The molecule has 9 nitrogen and oxygen atoms in total. The molecule has 3 aromatic carbocycles. The molecule has 1 aliphatic rings. The van der Waals surface area contributed by atoms with Gasteiger partial charge in [0.25, 0.3) is 0 Å². The highest BCUT2D eigenvalue weighted by Gasteiger charge is 2.20. The van der Waals surface area contributed by atoms with E-state index in [0.717, 1.165) is 65.7 Å². The molecule has 47 heavy (non-hydrogen) atoms. The molecule has 0 aliphatic carbocycles. The van der Waals surface area contributed by atoms with Crippen molar-refractivity contribution in [3.05, 3.63) is 121 Å². The molecule has 0 radical (unpaired) electrons. The number of imidazole rings is 1. The number of hydrogen-bond donors (Lipinski definition) is 2. The van der Waals surface area contributed by atoms with E-state index in [2.05, 4.69) is 63.5 Å². The summed E-state index contributed by atoms with van der Waals surface area (Å²) in [5.41, 5.74) is 7.83. The molecule has 0 unspecified atom stereocenters. The first-order valence-corrected chi connectivity index (χ1v) is 16.1. The van der Waals surface area contributed by atoms with Crippen molar-refractivity contribution in [2.24, 2.45) is 0 Å². The molecule has 1 fully saturated rings. The van der Waals surface area contributed by atoms with Crippen molar-refractivity contribution in [2.45, 2.75) is 26.3 Å². The van der Waals surface area contributed by atoms with E-state index in [-0.39, 0.29) is 5.91 Å². The summed E-state index contributed by atoms with van der Waals surface area (Å²) in [6, 6.07) is 34.4. The number of anilines is 4. The van der Waals surface area contributed by atoms with Gasteiger partial charge < -0.3 is 15.5 Å². The van der Waals surface area contributed by atoms with Gasteiger partial charge in [0.15, 0.2) is 0 Å². The van der Waals surface area contributed by atoms with Crippen LogP contribution >= 0.6 is 0 Å². The molecule has 1 saturated heterocycles. The molecule has 1 amide bonds. The average Bonchev–Trinajstić information content (AvgIpc) is 3.49. The molecular weight excluding hydrogens is 584 g/mol. The molecule has 236 valence electrons. The SMILES string of the molecule is CC(C)N1CCN(c2ccc(Nc3nccc(-c4c(-c5cccc(NC(=O)Cc6ccccc6)c5)nc5ccccn45)n3)cc2)CC1. The third kappa shape index (κ3) is 6.85. The fourth-order valence-electron chi connectivity index (χ4n) is 6.10. The van der Waals surface area contributed by atoms with Crippen LogP contribution in [-0.4, -0.2) is 62.4 Å². The van der Waals surface area contributed by atoms with Gasteiger partial charge in [-0.3, -0.25) is 14.1 Å². The van der Waals surface area contributed by atoms with Gasteiger partial charge in [-0.05, 0) is 74.0 Å². The van der Waals surface area contributed by atoms with Crippen molar-refractivity contribution in [3.8, 4) is 22.6 Å². The topological polar surface area (TPSA) is 90.7 Å². The summed E-state index contributed by atoms with van der Waals surface area (Å²) < 4.78 is 2.04. The average molecular weight is 623 g/mol. The number of piperazine rings is 1. The van der Waals surface area contributed by atoms with Gasteiger partial charge in [-0.2, -0.15) is 0 Å². The Hall–Kier alpha value is -5.54. The van der Waals surface area contributed by atoms with Gasteiger partial charge in [0.2, 0.25) is 11.9 Å². The number of amides is 1. The third-order valence-corrected chi connectivity index (χ3v) is 8.59. The molecule has 0 bridgehead atoms. The molecule has 0 saturated carbocycles. The summed E-state index contributed by atoms with van der Waals surface area (Å²) in [5.74, 6) is 0.427. The summed E-state index contributed by atoms with van der Waals surface area (Å²) in [6.07, 6.45) is 4.06. The Morgan fingerprint density at radius 3 is 2.38 bits per heavy atom. The molecule has 0 spiro atoms. The summed E-state index contributed by atoms with van der Waals surface area (Å²) >= 11 is 0. The van der Waals surface area contributed by atoms with E-state index in [0.29, 0.717) is 24.1 Å². The normalized spacial score (nSPS) is 13.6. The first-order chi connectivity index (χ1) is 23.0. The summed E-state index contributed by atoms with van der Waals surface area (Å²) in [4.78, 5) is 32.2. The maximum Gasteiger partial charge on any atom is 0.228 e. The van der Waals surface area contributed by atoms with Gasteiger partial charge in [0.1, 0.15) is 5.65 Å². The van der Waals surface area contributed by atoms with E-state index in [1.807, 2.05) is 89.5 Å². The molecule has 4 heterocycles. The number of fused-ring (bicyclic) bond motifs is 1. The fraction of sp³-hybridized carbons (Fsp3) is 0.211. The second-order valence-corrected chi connectivity index (χ2v) is 12.1. The lowest BCUT2D eigenvalue weighted by molar-refractivity contribution is -0.115. The third-order valence-electron chi connectivity index (χ3n) is 8.59. The number of carbonyl (C=O) groups excluding carboxylic acids is 1. The number of rotatable bonds is 9. The minimum atomic E-state index is -0.0724. The van der Waals surface area contributed by atoms with Crippen LogP contribution in [0.5, 0.6) is 0 Å². The van der Waals surface area contributed by atoms with Crippen molar-refractivity contribution in [3.63, 3.8) is 0 Å². The van der Waals surface area contributed by atoms with Crippen LogP contribution < -0.4 is 15.5 Å². The van der Waals surface area contributed by atoms with Crippen molar-refractivity contribution >= 4 is 34.6 Å². The zero-order valence-corrected chi connectivity index (χ0v) is 26.7. The van der Waals surface area contributed by atoms with Crippen LogP contribution in [-0.2, 0) is 11.2 Å². The Bertz CT molecular complexity index is 1980. The van der Waals surface area contributed by atoms with Gasteiger partial charge >= 0.3 is 0 Å². The predicted octanol–water partition coefficient (Wildman–Crippen LogP) is 6.91. The van der Waals surface area contributed by atoms with Gasteiger partial charge in [-0.1, -0.05) is 48.5 Å². The van der Waals surface area contributed by atoms with Crippen molar-refractivity contribution < 1.29 is 4.79 Å². The van der Waals surface area contributed by atoms with E-state index in [4.69, 9.17) is 9.97 Å². The first-order valence-electron chi connectivity index (χ1n) is 16.1. The lowest BCUT2D eigenvalue weighted by Crippen LogP contribution is -2.48. The van der Waals surface area contributed by atoms with Crippen LogP contribution in [0.4, 0.5) is 23.0 Å². The summed E-state index contributed by atoms with van der Waals surface area (Å²) in [7, 11) is 0. The highest BCUT2D eigenvalue weighted by molar-refractivity contribution is 5.93. The van der Waals surface area contributed by atoms with Crippen LogP contribution in [0.15, 0.2) is 116 Å². The second-order valence-electron chi connectivity index (χ2n) is 12.1. The zero-order valence-electron chi connectivity index (χ0n) is 26.7. The largest absolute Gasteiger partial charge is 0.369 e. The summed E-state index contributed by atoms with van der Waals surface area (Å²) in [5, 5.41) is 6.44. The number of aromatic nitrogens is 4. The summed E-state index contributed by atoms with van der Waals surface area (Å²) in [6.45, 7) is 8.74. The van der Waals surface area contributed by atoms with Crippen LogP contribution in [0.25, 0.3) is 28.3 Å². The van der Waals surface area contributed by atoms with Gasteiger partial charge in [-0.15, -0.1) is 0 Å². The van der Waals surface area contributed by atoms with Crippen molar-refractivity contribution in [2.75, 3.05) is 41.7 Å². The smallest absolute Gasteiger partial charge is 0.228 e. The molecule has 1 aliphatic heterocycles. The Balaban J connectivity index is 1.12. The lowest BCUT2D eigenvalue weighted by Gasteiger charge is -2.38. The number of benzene rings is 3. The van der Waals surface area contributed by atoms with Gasteiger partial charge in [0.05, 0.1) is 23.5 Å². The van der Waals surface area contributed by atoms with Crippen LogP contribution in [0.3, 0.4) is 0 Å². The number of nitrogens with zero attached hydrogens (tertiary/aromatic N) is 6. The van der Waals surface area contributed by atoms with Crippen molar-refractivity contribution in [1.29, 1.82) is 0 Å². The van der Waals surface area contributed by atoms with E-state index >= 15 is 0 Å². The van der Waals surface area contributed by atoms with E-state index in [1.165, 1.54) is 5.69 Å². The standard InChI is InChI=1S/C38H38N8O/c1-27(2)44-21-23-45(24-22-44)32-16-14-30(15-17-32)41-38-39-19-18-33(42-38)37-36(43-34-13-6-7-20-46(34)37)29-11-8-12-31(26-29)40-35(47)25-28-9-4-3-5-10-28/h3-20,26-27H,21-25H2,1-2H3,(H,40,47)(H,39,41,42).